The van der Waals surface area contributed by atoms with E-state index >= 15 is 0 Å². The third kappa shape index (κ3) is 4.05. The van der Waals surface area contributed by atoms with E-state index in [9.17, 15) is 9.59 Å². The topological polar surface area (TPSA) is 67.9 Å². The molecule has 1 aliphatic heterocycles. The molecule has 2 aromatic carbocycles. The van der Waals surface area contributed by atoms with Gasteiger partial charge in [-0.25, -0.2) is 4.79 Å². The Morgan fingerprint density at radius 1 is 1.15 bits per heavy atom. The largest absolute Gasteiger partial charge is 0.497 e. The van der Waals surface area contributed by atoms with Gasteiger partial charge in [-0.1, -0.05) is 18.2 Å². The first-order valence-corrected chi connectivity index (χ1v) is 8.93. The molecular formula is C21H24N2O4. The number of methoxy groups -OCH3 is 1. The summed E-state index contributed by atoms with van der Waals surface area (Å²) in [5.74, 6) is 0.205. The lowest BCUT2D eigenvalue weighted by atomic mass is 9.98. The Morgan fingerprint density at radius 2 is 1.93 bits per heavy atom. The molecule has 1 amide bonds. The van der Waals surface area contributed by atoms with Gasteiger partial charge in [-0.2, -0.15) is 0 Å². The molecule has 6 nitrogen and oxygen atoms in total. The highest BCUT2D eigenvalue weighted by Gasteiger charge is 2.38. The number of ether oxygens (including phenoxy) is 2. The zero-order valence-electron chi connectivity index (χ0n) is 15.8. The van der Waals surface area contributed by atoms with E-state index in [-0.39, 0.29) is 12.5 Å². The molecule has 1 heterocycles. The van der Waals surface area contributed by atoms with Crippen molar-refractivity contribution in [2.75, 3.05) is 30.5 Å². The maximum absolute atomic E-state index is 12.8. The number of hydrogen-bond acceptors (Lipinski definition) is 5. The van der Waals surface area contributed by atoms with Crippen LogP contribution >= 0.6 is 0 Å². The van der Waals surface area contributed by atoms with Crippen LogP contribution in [0.5, 0.6) is 5.75 Å². The molecule has 6 heteroatoms. The van der Waals surface area contributed by atoms with Gasteiger partial charge >= 0.3 is 5.97 Å². The first-order chi connectivity index (χ1) is 12.9. The summed E-state index contributed by atoms with van der Waals surface area (Å²) in [5.41, 5.74) is 1.54. The van der Waals surface area contributed by atoms with Crippen LogP contribution in [0.2, 0.25) is 0 Å². The van der Waals surface area contributed by atoms with Crippen LogP contribution in [0.15, 0.2) is 48.5 Å². The van der Waals surface area contributed by atoms with Crippen LogP contribution in [0.25, 0.3) is 0 Å². The van der Waals surface area contributed by atoms with Gasteiger partial charge in [0.2, 0.25) is 0 Å². The average molecular weight is 368 g/mol. The highest BCUT2D eigenvalue weighted by molar-refractivity contribution is 6.07. The molecule has 0 atom stereocenters. The molecule has 0 bridgehead atoms. The second-order valence-corrected chi connectivity index (χ2v) is 6.95. The Bertz CT molecular complexity index is 848. The molecule has 1 aliphatic rings. The van der Waals surface area contributed by atoms with Crippen molar-refractivity contribution in [3.05, 3.63) is 54.1 Å². The zero-order chi connectivity index (χ0) is 19.4. The van der Waals surface area contributed by atoms with E-state index in [1.807, 2.05) is 38.1 Å². The number of esters is 1. The van der Waals surface area contributed by atoms with Crippen molar-refractivity contribution in [3.63, 3.8) is 0 Å². The van der Waals surface area contributed by atoms with Gasteiger partial charge < -0.3 is 19.7 Å². The third-order valence-corrected chi connectivity index (χ3v) is 4.49. The molecule has 0 saturated carbocycles. The summed E-state index contributed by atoms with van der Waals surface area (Å²) in [4.78, 5) is 26.7. The Kier molecular flexibility index (Phi) is 5.35. The molecular weight excluding hydrogens is 344 g/mol. The van der Waals surface area contributed by atoms with E-state index in [0.29, 0.717) is 24.3 Å². The number of amides is 1. The fourth-order valence-electron chi connectivity index (χ4n) is 3.09. The number of benzene rings is 2. The minimum absolute atomic E-state index is 0.000298. The van der Waals surface area contributed by atoms with Gasteiger partial charge in [0.05, 0.1) is 30.7 Å². The van der Waals surface area contributed by atoms with Crippen molar-refractivity contribution in [1.29, 1.82) is 0 Å². The van der Waals surface area contributed by atoms with Crippen LogP contribution in [-0.4, -0.2) is 37.7 Å². The Labute approximate surface area is 159 Å². The molecule has 142 valence electrons. The lowest BCUT2D eigenvalue weighted by molar-refractivity contribution is -0.122. The van der Waals surface area contributed by atoms with Gasteiger partial charge in [0.15, 0.2) is 0 Å². The van der Waals surface area contributed by atoms with Gasteiger partial charge in [-0.3, -0.25) is 4.79 Å². The van der Waals surface area contributed by atoms with Crippen LogP contribution in [0.4, 0.5) is 11.4 Å². The number of anilines is 2. The lowest BCUT2D eigenvalue weighted by Crippen LogP contribution is -2.54. The summed E-state index contributed by atoms with van der Waals surface area (Å²) in [6, 6.07) is 14.6. The van der Waals surface area contributed by atoms with Crippen LogP contribution < -0.4 is 15.0 Å². The zero-order valence-corrected chi connectivity index (χ0v) is 15.8. The monoisotopic (exact) mass is 368 g/mol. The van der Waals surface area contributed by atoms with E-state index in [0.717, 1.165) is 11.4 Å². The number of rotatable bonds is 6. The minimum Gasteiger partial charge on any atom is -0.497 e. The first-order valence-electron chi connectivity index (χ1n) is 8.93. The number of hydrogen-bond donors (Lipinski definition) is 1. The number of nitrogens with zero attached hydrogens (tertiary/aromatic N) is 1. The summed E-state index contributed by atoms with van der Waals surface area (Å²) in [5, 5.41) is 3.27. The van der Waals surface area contributed by atoms with E-state index in [1.54, 1.807) is 36.3 Å². The van der Waals surface area contributed by atoms with Gasteiger partial charge in [0, 0.05) is 6.54 Å². The number of para-hydroxylation sites is 2. The first kappa shape index (κ1) is 18.8. The van der Waals surface area contributed by atoms with Crippen LogP contribution in [0.3, 0.4) is 0 Å². The fourth-order valence-corrected chi connectivity index (χ4v) is 3.09. The lowest BCUT2D eigenvalue weighted by Gasteiger charge is -2.40. The van der Waals surface area contributed by atoms with E-state index in [1.165, 1.54) is 0 Å². The quantitative estimate of drug-likeness (QED) is 0.625. The highest BCUT2D eigenvalue weighted by atomic mass is 16.5. The van der Waals surface area contributed by atoms with Crippen molar-refractivity contribution in [2.24, 2.45) is 0 Å². The van der Waals surface area contributed by atoms with Gasteiger partial charge in [-0.15, -0.1) is 0 Å². The minimum atomic E-state index is -0.675. The van der Waals surface area contributed by atoms with E-state index in [4.69, 9.17) is 9.47 Å². The molecule has 0 aliphatic carbocycles. The summed E-state index contributed by atoms with van der Waals surface area (Å²) >= 11 is 0. The standard InChI is InChI=1S/C21H24N2O4/c1-21(2)20(25)23(18-11-5-4-10-17(18)22-21)12-7-13-27-19(24)15-8-6-9-16(14-15)26-3/h4-6,8-11,14,22H,7,12-13H2,1-3H3. The number of nitrogens with one attached hydrogen (secondary N) is 1. The van der Waals surface area contributed by atoms with Gasteiger partial charge in [0.25, 0.3) is 5.91 Å². The molecule has 0 saturated heterocycles. The summed E-state index contributed by atoms with van der Waals surface area (Å²) < 4.78 is 10.5. The highest BCUT2D eigenvalue weighted by Crippen LogP contribution is 2.34. The van der Waals surface area contributed by atoms with Crippen LogP contribution in [0, 0.1) is 0 Å². The molecule has 0 unspecified atom stereocenters. The smallest absolute Gasteiger partial charge is 0.338 e. The number of fused-ring (bicyclic) bond motifs is 1. The Morgan fingerprint density at radius 3 is 2.70 bits per heavy atom. The molecule has 0 aromatic heterocycles. The van der Waals surface area contributed by atoms with Gasteiger partial charge in [-0.05, 0) is 50.6 Å². The maximum atomic E-state index is 12.8. The predicted molar refractivity (Wildman–Crippen MR) is 104 cm³/mol. The second kappa shape index (κ2) is 7.70. The van der Waals surface area contributed by atoms with Crippen molar-refractivity contribution >= 4 is 23.3 Å². The number of carbonyl (C=O) groups excluding carboxylic acids is 2. The summed E-state index contributed by atoms with van der Waals surface area (Å²) in [6.45, 7) is 4.43. The van der Waals surface area contributed by atoms with Crippen molar-refractivity contribution in [3.8, 4) is 5.75 Å². The summed E-state index contributed by atoms with van der Waals surface area (Å²) in [7, 11) is 1.55. The maximum Gasteiger partial charge on any atom is 0.338 e. The third-order valence-electron chi connectivity index (χ3n) is 4.49. The molecule has 0 fully saturated rings. The van der Waals surface area contributed by atoms with Crippen LogP contribution in [0.1, 0.15) is 30.6 Å². The Hall–Kier alpha value is -3.02. The van der Waals surface area contributed by atoms with Gasteiger partial charge in [0.1, 0.15) is 11.3 Å². The predicted octanol–water partition coefficient (Wildman–Crippen LogP) is 3.48. The molecule has 0 spiro atoms. The van der Waals surface area contributed by atoms with Crippen molar-refractivity contribution < 1.29 is 19.1 Å². The van der Waals surface area contributed by atoms with E-state index in [2.05, 4.69) is 5.32 Å². The second-order valence-electron chi connectivity index (χ2n) is 6.95. The Balaban J connectivity index is 1.60. The summed E-state index contributed by atoms with van der Waals surface area (Å²) in [6.07, 6.45) is 0.547. The SMILES string of the molecule is COc1cccc(C(=O)OCCCN2C(=O)C(C)(C)Nc3ccccc32)c1. The number of carbonyl (C=O) groups is 2. The molecule has 2 aromatic rings. The van der Waals surface area contributed by atoms with E-state index < -0.39 is 11.5 Å². The van der Waals surface area contributed by atoms with Crippen molar-refractivity contribution in [2.45, 2.75) is 25.8 Å². The molecule has 3 rings (SSSR count). The normalized spacial score (nSPS) is 14.9. The van der Waals surface area contributed by atoms with Crippen LogP contribution in [-0.2, 0) is 9.53 Å². The molecule has 27 heavy (non-hydrogen) atoms. The molecule has 1 N–H and O–H groups in total. The average Bonchev–Trinajstić information content (AvgIpc) is 2.67. The van der Waals surface area contributed by atoms with Crippen molar-refractivity contribution in [1.82, 2.24) is 0 Å². The fraction of sp³-hybridized carbons (Fsp3) is 0.333. The molecule has 0 radical (unpaired) electrons.